The molecule has 0 spiro atoms. The van der Waals surface area contributed by atoms with E-state index in [0.29, 0.717) is 10.9 Å². The first-order valence-corrected chi connectivity index (χ1v) is 6.78. The number of carbonyl (C=O) groups is 1. The third-order valence-electron chi connectivity index (χ3n) is 3.48. The van der Waals surface area contributed by atoms with E-state index in [0.717, 1.165) is 17.7 Å². The Morgan fingerprint density at radius 1 is 1.13 bits per heavy atom. The van der Waals surface area contributed by atoms with Crippen molar-refractivity contribution >= 4 is 22.8 Å². The summed E-state index contributed by atoms with van der Waals surface area (Å²) in [6.45, 7) is 0. The molecule has 3 aromatic rings. The van der Waals surface area contributed by atoms with Gasteiger partial charge in [0.25, 0.3) is 0 Å². The second-order valence-electron chi connectivity index (χ2n) is 4.89. The van der Waals surface area contributed by atoms with Crippen molar-refractivity contribution in [3.8, 4) is 6.07 Å². The number of aromatic amines is 1. The number of nitrogens with zero attached hydrogens (tertiary/aromatic N) is 1. The molecule has 0 bridgehead atoms. The Hall–Kier alpha value is -3.26. The molecule has 3 rings (SSSR count). The molecule has 0 saturated heterocycles. The zero-order valence-electron chi connectivity index (χ0n) is 11.8. The zero-order chi connectivity index (χ0) is 16.4. The Bertz CT molecular complexity index is 980. The number of ketones is 1. The number of hydrogen-bond acceptors (Lipinski definition) is 2. The molecule has 0 fully saturated rings. The van der Waals surface area contributed by atoms with E-state index in [1.807, 2.05) is 6.07 Å². The Kier molecular flexibility index (Phi) is 3.73. The highest BCUT2D eigenvalue weighted by atomic mass is 19.2. The van der Waals surface area contributed by atoms with Crippen LogP contribution in [-0.2, 0) is 0 Å². The lowest BCUT2D eigenvalue weighted by Gasteiger charge is -2.01. The number of rotatable bonds is 3. The van der Waals surface area contributed by atoms with Gasteiger partial charge < -0.3 is 4.98 Å². The van der Waals surface area contributed by atoms with Crippen LogP contribution < -0.4 is 0 Å². The first-order chi connectivity index (χ1) is 11.1. The van der Waals surface area contributed by atoms with Crippen LogP contribution in [0.15, 0.2) is 54.2 Å². The molecule has 0 amide bonds. The molecule has 1 aromatic heterocycles. The summed E-state index contributed by atoms with van der Waals surface area (Å²) < 4.78 is 26.9. The van der Waals surface area contributed by atoms with Gasteiger partial charge in [-0.15, -0.1) is 0 Å². The lowest BCUT2D eigenvalue weighted by atomic mass is 10.0. The van der Waals surface area contributed by atoms with Gasteiger partial charge in [-0.25, -0.2) is 8.78 Å². The third kappa shape index (κ3) is 2.62. The smallest absolute Gasteiger partial charge is 0.205 e. The van der Waals surface area contributed by atoms with Crippen molar-refractivity contribution in [3.63, 3.8) is 0 Å². The van der Waals surface area contributed by atoms with E-state index in [1.165, 1.54) is 18.3 Å². The van der Waals surface area contributed by atoms with E-state index in [1.54, 1.807) is 24.3 Å². The summed E-state index contributed by atoms with van der Waals surface area (Å²) in [7, 11) is 0. The number of para-hydroxylation sites is 1. The predicted octanol–water partition coefficient (Wildman–Crippen LogP) is 4.24. The van der Waals surface area contributed by atoms with Crippen LogP contribution in [0.1, 0.15) is 15.9 Å². The molecule has 1 N–H and O–H groups in total. The van der Waals surface area contributed by atoms with Crippen LogP contribution in [0, 0.1) is 23.0 Å². The molecule has 0 aliphatic rings. The van der Waals surface area contributed by atoms with Crippen LogP contribution in [0.25, 0.3) is 17.0 Å². The fourth-order valence-corrected chi connectivity index (χ4v) is 2.34. The van der Waals surface area contributed by atoms with Crippen LogP contribution >= 0.6 is 0 Å². The van der Waals surface area contributed by atoms with Crippen LogP contribution in [0.4, 0.5) is 8.78 Å². The standard InChI is InChI=1S/C18H10F2N2O/c19-15-6-3-4-11(17(15)20)8-12(9-21)18(23)14-10-22-16-7-2-1-5-13(14)16/h1-8,10,22H/b12-8-. The Balaban J connectivity index is 2.08. The molecule has 0 aliphatic heterocycles. The highest BCUT2D eigenvalue weighted by Gasteiger charge is 2.17. The predicted molar refractivity (Wildman–Crippen MR) is 82.6 cm³/mol. The Morgan fingerprint density at radius 3 is 2.70 bits per heavy atom. The largest absolute Gasteiger partial charge is 0.360 e. The molecular formula is C18H10F2N2O. The van der Waals surface area contributed by atoms with E-state index in [-0.39, 0.29) is 11.1 Å². The van der Waals surface area contributed by atoms with Crippen LogP contribution in [0.3, 0.4) is 0 Å². The Morgan fingerprint density at radius 2 is 1.91 bits per heavy atom. The van der Waals surface area contributed by atoms with Gasteiger partial charge in [-0.05, 0) is 18.2 Å². The average molecular weight is 308 g/mol. The van der Waals surface area contributed by atoms with Crippen molar-refractivity contribution < 1.29 is 13.6 Å². The maximum atomic E-state index is 13.7. The molecule has 2 aromatic carbocycles. The number of halogens is 2. The van der Waals surface area contributed by atoms with E-state index >= 15 is 0 Å². The van der Waals surface area contributed by atoms with Crippen LogP contribution in [0.5, 0.6) is 0 Å². The van der Waals surface area contributed by atoms with Crippen molar-refractivity contribution in [2.75, 3.05) is 0 Å². The van der Waals surface area contributed by atoms with Gasteiger partial charge >= 0.3 is 0 Å². The fraction of sp³-hybridized carbons (Fsp3) is 0. The molecule has 0 saturated carbocycles. The number of allylic oxidation sites excluding steroid dienone is 1. The van der Waals surface area contributed by atoms with Gasteiger partial charge in [-0.1, -0.05) is 30.3 Å². The number of H-pyrrole nitrogens is 1. The van der Waals surface area contributed by atoms with Gasteiger partial charge in [-0.3, -0.25) is 4.79 Å². The molecular weight excluding hydrogens is 298 g/mol. The SMILES string of the molecule is N#C/C(=C/c1cccc(F)c1F)C(=O)c1c[nH]c2ccccc12. The topological polar surface area (TPSA) is 56.6 Å². The highest BCUT2D eigenvalue weighted by molar-refractivity contribution is 6.19. The molecule has 0 radical (unpaired) electrons. The zero-order valence-corrected chi connectivity index (χ0v) is 11.8. The summed E-state index contributed by atoms with van der Waals surface area (Å²) in [4.78, 5) is 15.5. The third-order valence-corrected chi connectivity index (χ3v) is 3.48. The molecule has 3 nitrogen and oxygen atoms in total. The lowest BCUT2D eigenvalue weighted by molar-refractivity contribution is 0.104. The second-order valence-corrected chi connectivity index (χ2v) is 4.89. The summed E-state index contributed by atoms with van der Waals surface area (Å²) in [6, 6.07) is 12.5. The summed E-state index contributed by atoms with van der Waals surface area (Å²) in [5, 5.41) is 9.89. The first kappa shape index (κ1) is 14.7. The normalized spacial score (nSPS) is 11.4. The van der Waals surface area contributed by atoms with Gasteiger partial charge in [0.1, 0.15) is 11.6 Å². The van der Waals surface area contributed by atoms with E-state index in [4.69, 9.17) is 0 Å². The van der Waals surface area contributed by atoms with Crippen molar-refractivity contribution in [2.24, 2.45) is 0 Å². The van der Waals surface area contributed by atoms with Crippen molar-refractivity contribution in [1.29, 1.82) is 5.26 Å². The number of Topliss-reactive ketones (excluding diaryl/α,β-unsaturated/α-hetero) is 1. The number of aromatic nitrogens is 1. The highest BCUT2D eigenvalue weighted by Crippen LogP contribution is 2.22. The minimum Gasteiger partial charge on any atom is -0.360 e. The maximum absolute atomic E-state index is 13.7. The first-order valence-electron chi connectivity index (χ1n) is 6.78. The molecule has 23 heavy (non-hydrogen) atoms. The number of carbonyl (C=O) groups excluding carboxylic acids is 1. The van der Waals surface area contributed by atoms with Crippen LogP contribution in [0.2, 0.25) is 0 Å². The quantitative estimate of drug-likeness (QED) is 0.447. The fourth-order valence-electron chi connectivity index (χ4n) is 2.34. The molecule has 112 valence electrons. The van der Waals surface area contributed by atoms with Gasteiger partial charge in [0.05, 0.1) is 0 Å². The van der Waals surface area contributed by atoms with Gasteiger partial charge in [0.15, 0.2) is 11.6 Å². The summed E-state index contributed by atoms with van der Waals surface area (Å²) in [6.07, 6.45) is 2.56. The van der Waals surface area contributed by atoms with E-state index < -0.39 is 17.4 Å². The second kappa shape index (κ2) is 5.85. The molecule has 1 heterocycles. The summed E-state index contributed by atoms with van der Waals surface area (Å²) in [5.74, 6) is -2.67. The molecule has 0 aliphatic carbocycles. The summed E-state index contributed by atoms with van der Waals surface area (Å²) in [5.41, 5.74) is 0.657. The van der Waals surface area contributed by atoms with Gasteiger partial charge in [0.2, 0.25) is 5.78 Å². The molecule has 0 atom stereocenters. The monoisotopic (exact) mass is 308 g/mol. The Labute approximate surface area is 130 Å². The summed E-state index contributed by atoms with van der Waals surface area (Å²) >= 11 is 0. The number of nitrogens with one attached hydrogen (secondary N) is 1. The minimum absolute atomic E-state index is 0.144. The average Bonchev–Trinajstić information content (AvgIpc) is 2.99. The van der Waals surface area contributed by atoms with E-state index in [9.17, 15) is 18.8 Å². The van der Waals surface area contributed by atoms with Crippen molar-refractivity contribution in [2.45, 2.75) is 0 Å². The van der Waals surface area contributed by atoms with Gasteiger partial charge in [-0.2, -0.15) is 5.26 Å². The number of benzene rings is 2. The number of hydrogen-bond donors (Lipinski definition) is 1. The number of fused-ring (bicyclic) bond motifs is 1. The number of nitriles is 1. The maximum Gasteiger partial charge on any atom is 0.205 e. The van der Waals surface area contributed by atoms with Gasteiger partial charge in [0, 0.05) is 28.2 Å². The van der Waals surface area contributed by atoms with E-state index in [2.05, 4.69) is 4.98 Å². The lowest BCUT2D eigenvalue weighted by Crippen LogP contribution is -2.01. The van der Waals surface area contributed by atoms with Crippen molar-refractivity contribution in [3.05, 3.63) is 77.0 Å². The molecule has 5 heteroatoms. The van der Waals surface area contributed by atoms with Crippen molar-refractivity contribution in [1.82, 2.24) is 4.98 Å². The minimum atomic E-state index is -1.09. The molecule has 0 unspecified atom stereocenters. The van der Waals surface area contributed by atoms with Crippen LogP contribution in [-0.4, -0.2) is 10.8 Å².